The van der Waals surface area contributed by atoms with E-state index in [1.165, 1.54) is 5.39 Å². The average Bonchev–Trinajstić information content (AvgIpc) is 2.40. The van der Waals surface area contributed by atoms with Gasteiger partial charge in [0, 0.05) is 19.8 Å². The van der Waals surface area contributed by atoms with Crippen molar-refractivity contribution in [3.05, 3.63) is 48.0 Å². The maximum Gasteiger partial charge on any atom is 0.257 e. The average molecular weight is 245 g/mol. The Bertz CT molecular complexity index is 528. The molecular formula is C15H19NO2. The maximum atomic E-state index is 5.65. The number of hydrogen-bond acceptors (Lipinski definition) is 3. The molecule has 0 aliphatic carbocycles. The van der Waals surface area contributed by atoms with Gasteiger partial charge < -0.3 is 9.47 Å². The monoisotopic (exact) mass is 245 g/mol. The molecule has 0 unspecified atom stereocenters. The molecule has 0 N–H and O–H groups in total. The molecular weight excluding hydrogens is 226 g/mol. The summed E-state index contributed by atoms with van der Waals surface area (Å²) >= 11 is 0. The molecule has 0 atom stereocenters. The minimum atomic E-state index is -0.860. The molecule has 0 saturated heterocycles. The molecule has 0 aliphatic heterocycles. The highest BCUT2D eigenvalue weighted by molar-refractivity contribution is 5.86. The fraction of sp³-hybridized carbons (Fsp3) is 0.333. The van der Waals surface area contributed by atoms with Crippen molar-refractivity contribution in [1.29, 1.82) is 0 Å². The van der Waals surface area contributed by atoms with E-state index in [4.69, 9.17) is 9.47 Å². The fourth-order valence-electron chi connectivity index (χ4n) is 2.41. The van der Waals surface area contributed by atoms with Crippen molar-refractivity contribution >= 4 is 10.8 Å². The lowest BCUT2D eigenvalue weighted by Crippen LogP contribution is -2.45. The third kappa shape index (κ3) is 1.90. The second-order valence-electron chi connectivity index (χ2n) is 4.41. The first-order chi connectivity index (χ1) is 8.65. The van der Waals surface area contributed by atoms with E-state index >= 15 is 0 Å². The summed E-state index contributed by atoms with van der Waals surface area (Å²) in [6, 6.07) is 14.4. The Hall–Kier alpha value is -1.42. The van der Waals surface area contributed by atoms with Crippen LogP contribution in [0.25, 0.3) is 10.8 Å². The van der Waals surface area contributed by atoms with E-state index in [1.807, 2.05) is 43.3 Å². The number of ether oxygens (including phenoxy) is 2. The van der Waals surface area contributed by atoms with Gasteiger partial charge >= 0.3 is 0 Å². The first kappa shape index (κ1) is 13.0. The molecule has 0 heterocycles. The van der Waals surface area contributed by atoms with E-state index < -0.39 is 5.91 Å². The second kappa shape index (κ2) is 5.06. The summed E-state index contributed by atoms with van der Waals surface area (Å²) in [6.45, 7) is 0. The van der Waals surface area contributed by atoms with Gasteiger partial charge in [0.1, 0.15) is 0 Å². The molecule has 0 saturated carbocycles. The Labute approximate surface area is 108 Å². The van der Waals surface area contributed by atoms with Crippen LogP contribution in [-0.2, 0) is 15.4 Å². The van der Waals surface area contributed by atoms with E-state index in [-0.39, 0.29) is 0 Å². The van der Waals surface area contributed by atoms with E-state index in [1.54, 1.807) is 14.2 Å². The Morgan fingerprint density at radius 2 is 1.50 bits per heavy atom. The van der Waals surface area contributed by atoms with Crippen molar-refractivity contribution in [1.82, 2.24) is 4.90 Å². The maximum absolute atomic E-state index is 5.65. The third-order valence-electron chi connectivity index (χ3n) is 3.27. The van der Waals surface area contributed by atoms with Crippen LogP contribution in [0.4, 0.5) is 0 Å². The van der Waals surface area contributed by atoms with Gasteiger partial charge in [-0.2, -0.15) is 0 Å². The molecule has 0 aliphatic rings. The molecule has 0 spiro atoms. The van der Waals surface area contributed by atoms with Gasteiger partial charge in [0.25, 0.3) is 5.91 Å². The Morgan fingerprint density at radius 3 is 2.11 bits per heavy atom. The van der Waals surface area contributed by atoms with Crippen LogP contribution >= 0.6 is 0 Å². The summed E-state index contributed by atoms with van der Waals surface area (Å²) in [5.74, 6) is -0.860. The van der Waals surface area contributed by atoms with Crippen molar-refractivity contribution < 1.29 is 9.47 Å². The van der Waals surface area contributed by atoms with Crippen LogP contribution < -0.4 is 0 Å². The minimum Gasteiger partial charge on any atom is -0.337 e. The van der Waals surface area contributed by atoms with E-state index in [9.17, 15) is 0 Å². The lowest BCUT2D eigenvalue weighted by molar-refractivity contribution is -0.293. The van der Waals surface area contributed by atoms with Gasteiger partial charge in [-0.25, -0.2) is 0 Å². The SMILES string of the molecule is COC(OC)(c1cccc2ccccc12)N(C)C. The van der Waals surface area contributed by atoms with E-state index in [0.29, 0.717) is 0 Å². The van der Waals surface area contributed by atoms with Gasteiger partial charge in [-0.15, -0.1) is 0 Å². The molecule has 3 nitrogen and oxygen atoms in total. The lowest BCUT2D eigenvalue weighted by atomic mass is 10.0. The lowest BCUT2D eigenvalue weighted by Gasteiger charge is -2.37. The van der Waals surface area contributed by atoms with Crippen molar-refractivity contribution in [2.75, 3.05) is 28.3 Å². The van der Waals surface area contributed by atoms with Crippen molar-refractivity contribution in [2.45, 2.75) is 5.91 Å². The summed E-state index contributed by atoms with van der Waals surface area (Å²) in [5, 5.41) is 2.31. The van der Waals surface area contributed by atoms with Crippen LogP contribution in [0.3, 0.4) is 0 Å². The summed E-state index contributed by atoms with van der Waals surface area (Å²) < 4.78 is 11.3. The highest BCUT2D eigenvalue weighted by atomic mass is 16.7. The van der Waals surface area contributed by atoms with E-state index in [2.05, 4.69) is 18.2 Å². The third-order valence-corrected chi connectivity index (χ3v) is 3.27. The van der Waals surface area contributed by atoms with Crippen molar-refractivity contribution in [3.8, 4) is 0 Å². The number of rotatable bonds is 4. The van der Waals surface area contributed by atoms with Crippen molar-refractivity contribution in [2.24, 2.45) is 0 Å². The quantitative estimate of drug-likeness (QED) is 0.773. The highest BCUT2D eigenvalue weighted by Gasteiger charge is 2.36. The zero-order chi connectivity index (χ0) is 13.2. The van der Waals surface area contributed by atoms with Gasteiger partial charge in [0.15, 0.2) is 0 Å². The van der Waals surface area contributed by atoms with Gasteiger partial charge in [-0.05, 0) is 24.9 Å². The molecule has 2 aromatic carbocycles. The van der Waals surface area contributed by atoms with Crippen LogP contribution in [-0.4, -0.2) is 33.2 Å². The van der Waals surface area contributed by atoms with Crippen LogP contribution in [0.2, 0.25) is 0 Å². The topological polar surface area (TPSA) is 21.7 Å². The van der Waals surface area contributed by atoms with Gasteiger partial charge in [0.05, 0.1) is 0 Å². The molecule has 0 radical (unpaired) electrons. The number of nitrogens with zero attached hydrogens (tertiary/aromatic N) is 1. The molecule has 0 amide bonds. The largest absolute Gasteiger partial charge is 0.337 e. The Kier molecular flexibility index (Phi) is 3.66. The first-order valence-electron chi connectivity index (χ1n) is 5.91. The smallest absolute Gasteiger partial charge is 0.257 e. The second-order valence-corrected chi connectivity index (χ2v) is 4.41. The number of hydrogen-bond donors (Lipinski definition) is 0. The Balaban J connectivity index is 2.72. The van der Waals surface area contributed by atoms with Crippen LogP contribution in [0.5, 0.6) is 0 Å². The van der Waals surface area contributed by atoms with Gasteiger partial charge in [-0.3, -0.25) is 4.90 Å². The first-order valence-corrected chi connectivity index (χ1v) is 5.91. The normalized spacial score (nSPS) is 12.3. The molecule has 2 rings (SSSR count). The zero-order valence-electron chi connectivity index (χ0n) is 11.3. The molecule has 18 heavy (non-hydrogen) atoms. The predicted molar refractivity (Wildman–Crippen MR) is 73.3 cm³/mol. The standard InChI is InChI=1S/C15H19NO2/c1-16(2)15(17-3,18-4)14-11-7-9-12-8-5-6-10-13(12)14/h5-11H,1-4H3. The number of benzene rings is 2. The summed E-state index contributed by atoms with van der Waals surface area (Å²) in [4.78, 5) is 1.93. The Morgan fingerprint density at radius 1 is 0.889 bits per heavy atom. The molecule has 0 fully saturated rings. The van der Waals surface area contributed by atoms with Gasteiger partial charge in [0.2, 0.25) is 0 Å². The van der Waals surface area contributed by atoms with Crippen LogP contribution in [0.1, 0.15) is 5.56 Å². The van der Waals surface area contributed by atoms with Crippen molar-refractivity contribution in [3.63, 3.8) is 0 Å². The molecule has 96 valence electrons. The molecule has 0 aromatic heterocycles. The fourth-order valence-corrected chi connectivity index (χ4v) is 2.41. The zero-order valence-corrected chi connectivity index (χ0v) is 11.3. The van der Waals surface area contributed by atoms with E-state index in [0.717, 1.165) is 10.9 Å². The summed E-state index contributed by atoms with van der Waals surface area (Å²) in [6.07, 6.45) is 0. The molecule has 0 bridgehead atoms. The molecule has 2 aromatic rings. The van der Waals surface area contributed by atoms with Gasteiger partial charge in [-0.1, -0.05) is 42.5 Å². The van der Waals surface area contributed by atoms with Crippen LogP contribution in [0.15, 0.2) is 42.5 Å². The number of fused-ring (bicyclic) bond motifs is 1. The summed E-state index contributed by atoms with van der Waals surface area (Å²) in [7, 11) is 7.19. The number of methoxy groups -OCH3 is 2. The summed E-state index contributed by atoms with van der Waals surface area (Å²) in [5.41, 5.74) is 1.01. The van der Waals surface area contributed by atoms with Crippen LogP contribution in [0, 0.1) is 0 Å². The molecule has 3 heteroatoms. The highest BCUT2D eigenvalue weighted by Crippen LogP contribution is 2.33. The minimum absolute atomic E-state index is 0.860. The predicted octanol–water partition coefficient (Wildman–Crippen LogP) is 2.80.